The molecule has 0 unspecified atom stereocenters. The molecule has 1 saturated heterocycles. The Balaban J connectivity index is 0.00000144. The number of halogens is 2. The van der Waals surface area contributed by atoms with E-state index < -0.39 is 0 Å². The molecule has 6 heteroatoms. The van der Waals surface area contributed by atoms with Crippen molar-refractivity contribution in [3.8, 4) is 0 Å². The smallest absolute Gasteiger partial charge is 0.123 e. The summed E-state index contributed by atoms with van der Waals surface area (Å²) < 4.78 is 2.26. The molecule has 0 amide bonds. The minimum Gasteiger partial charge on any atom is -0.331 e. The van der Waals surface area contributed by atoms with Gasteiger partial charge < -0.3 is 9.88 Å². The molecular weight excluding hydrogens is 271 g/mol. The fourth-order valence-electron chi connectivity index (χ4n) is 2.24. The van der Waals surface area contributed by atoms with Crippen LogP contribution in [0.2, 0.25) is 0 Å². The van der Waals surface area contributed by atoms with Crippen molar-refractivity contribution in [2.75, 3.05) is 19.6 Å². The molecule has 18 heavy (non-hydrogen) atoms. The third-order valence-corrected chi connectivity index (χ3v) is 3.29. The minimum absolute atomic E-state index is 0. The summed E-state index contributed by atoms with van der Waals surface area (Å²) in [7, 11) is 0. The van der Waals surface area contributed by atoms with Crippen LogP contribution in [0.3, 0.4) is 0 Å². The van der Waals surface area contributed by atoms with Crippen molar-refractivity contribution in [2.24, 2.45) is 0 Å². The molecule has 0 spiro atoms. The van der Waals surface area contributed by atoms with Crippen molar-refractivity contribution in [3.05, 3.63) is 18.2 Å². The molecule has 0 saturated carbocycles. The highest BCUT2D eigenvalue weighted by atomic mass is 35.5. The summed E-state index contributed by atoms with van der Waals surface area (Å²) >= 11 is 0. The summed E-state index contributed by atoms with van der Waals surface area (Å²) in [5.74, 6) is 1.18. The molecule has 0 aliphatic carbocycles. The number of hydrogen-bond acceptors (Lipinski definition) is 3. The van der Waals surface area contributed by atoms with Crippen LogP contribution in [0.4, 0.5) is 0 Å². The molecule has 0 radical (unpaired) electrons. The highest BCUT2D eigenvalue weighted by Crippen LogP contribution is 2.12. The molecule has 4 nitrogen and oxygen atoms in total. The quantitative estimate of drug-likeness (QED) is 0.927. The molecule has 106 valence electrons. The van der Waals surface area contributed by atoms with Gasteiger partial charge in [0, 0.05) is 44.1 Å². The van der Waals surface area contributed by atoms with Crippen molar-refractivity contribution in [3.63, 3.8) is 0 Å². The second-order valence-electron chi connectivity index (χ2n) is 4.87. The van der Waals surface area contributed by atoms with Crippen molar-refractivity contribution < 1.29 is 0 Å². The van der Waals surface area contributed by atoms with E-state index in [2.05, 4.69) is 46.7 Å². The van der Waals surface area contributed by atoms with Gasteiger partial charge in [0.2, 0.25) is 0 Å². The number of imidazole rings is 1. The van der Waals surface area contributed by atoms with E-state index in [1.165, 1.54) is 5.82 Å². The molecular formula is C12H24Cl2N4. The molecule has 1 aliphatic rings. The first-order valence-electron chi connectivity index (χ1n) is 6.15. The molecule has 1 fully saturated rings. The van der Waals surface area contributed by atoms with Gasteiger partial charge in [0.1, 0.15) is 5.82 Å². The molecule has 1 aliphatic heterocycles. The lowest BCUT2D eigenvalue weighted by Crippen LogP contribution is -2.49. The molecule has 1 aromatic rings. The monoisotopic (exact) mass is 294 g/mol. The van der Waals surface area contributed by atoms with Crippen LogP contribution in [0.25, 0.3) is 0 Å². The molecule has 2 rings (SSSR count). The fourth-order valence-corrected chi connectivity index (χ4v) is 2.24. The summed E-state index contributed by atoms with van der Waals surface area (Å²) in [6, 6.07) is 1.10. The second-order valence-corrected chi connectivity index (χ2v) is 4.87. The number of nitrogens with zero attached hydrogens (tertiary/aromatic N) is 3. The van der Waals surface area contributed by atoms with Crippen LogP contribution in [0.15, 0.2) is 12.4 Å². The maximum atomic E-state index is 4.47. The van der Waals surface area contributed by atoms with E-state index in [0.29, 0.717) is 12.1 Å². The zero-order valence-corrected chi connectivity index (χ0v) is 12.9. The van der Waals surface area contributed by atoms with Crippen LogP contribution in [0.1, 0.15) is 32.6 Å². The number of rotatable bonds is 3. The lowest BCUT2D eigenvalue weighted by atomic mass is 10.2. The maximum Gasteiger partial charge on any atom is 0.123 e. The van der Waals surface area contributed by atoms with Crippen LogP contribution in [-0.2, 0) is 6.54 Å². The number of piperazine rings is 1. The van der Waals surface area contributed by atoms with Gasteiger partial charge in [-0.15, -0.1) is 24.8 Å². The van der Waals surface area contributed by atoms with E-state index in [4.69, 9.17) is 0 Å². The molecule has 0 aromatic carbocycles. The van der Waals surface area contributed by atoms with E-state index in [-0.39, 0.29) is 24.8 Å². The molecule has 2 heterocycles. The average Bonchev–Trinajstić information content (AvgIpc) is 2.69. The highest BCUT2D eigenvalue weighted by Gasteiger charge is 2.19. The summed E-state index contributed by atoms with van der Waals surface area (Å²) in [6.07, 6.45) is 3.98. The Labute approximate surface area is 122 Å². The third-order valence-electron chi connectivity index (χ3n) is 3.29. The van der Waals surface area contributed by atoms with Crippen molar-refractivity contribution >= 4 is 24.8 Å². The van der Waals surface area contributed by atoms with E-state index in [1.807, 2.05) is 6.20 Å². The molecule has 1 N–H and O–H groups in total. The van der Waals surface area contributed by atoms with E-state index in [9.17, 15) is 0 Å². The predicted molar refractivity (Wildman–Crippen MR) is 79.8 cm³/mol. The van der Waals surface area contributed by atoms with Gasteiger partial charge in [0.15, 0.2) is 0 Å². The van der Waals surface area contributed by atoms with Gasteiger partial charge in [-0.05, 0) is 20.8 Å². The topological polar surface area (TPSA) is 33.1 Å². The van der Waals surface area contributed by atoms with E-state index >= 15 is 0 Å². The van der Waals surface area contributed by atoms with Gasteiger partial charge in [-0.2, -0.15) is 0 Å². The summed E-state index contributed by atoms with van der Waals surface area (Å²) in [6.45, 7) is 10.9. The van der Waals surface area contributed by atoms with Crippen molar-refractivity contribution in [1.82, 2.24) is 19.8 Å². The average molecular weight is 295 g/mol. The first-order chi connectivity index (χ1) is 7.68. The lowest BCUT2D eigenvalue weighted by Gasteiger charge is -2.33. The van der Waals surface area contributed by atoms with Gasteiger partial charge in [-0.25, -0.2) is 4.98 Å². The van der Waals surface area contributed by atoms with Crippen molar-refractivity contribution in [1.29, 1.82) is 0 Å². The molecule has 1 aromatic heterocycles. The summed E-state index contributed by atoms with van der Waals surface area (Å²) in [4.78, 5) is 6.96. The van der Waals surface area contributed by atoms with Crippen LogP contribution in [-0.4, -0.2) is 40.1 Å². The third kappa shape index (κ3) is 4.12. The molecule has 0 bridgehead atoms. The Kier molecular flexibility index (Phi) is 7.87. The van der Waals surface area contributed by atoms with E-state index in [1.54, 1.807) is 0 Å². The standard InChI is InChI=1S/C12H22N4.2ClH/c1-10(2)16-7-5-14-12(16)9-15-6-4-13-8-11(15)3;;/h5,7,10-11,13H,4,6,8-9H2,1-3H3;2*1H/t11-;;/m1../s1. The molecule has 1 atom stereocenters. The van der Waals surface area contributed by atoms with Crippen LogP contribution in [0, 0.1) is 0 Å². The fraction of sp³-hybridized carbons (Fsp3) is 0.750. The highest BCUT2D eigenvalue weighted by molar-refractivity contribution is 5.85. The first kappa shape index (κ1) is 17.7. The summed E-state index contributed by atoms with van der Waals surface area (Å²) in [5, 5.41) is 3.41. The van der Waals surface area contributed by atoms with Crippen LogP contribution in [0.5, 0.6) is 0 Å². The van der Waals surface area contributed by atoms with Crippen LogP contribution >= 0.6 is 24.8 Å². The maximum absolute atomic E-state index is 4.47. The zero-order chi connectivity index (χ0) is 11.5. The van der Waals surface area contributed by atoms with Gasteiger partial charge >= 0.3 is 0 Å². The van der Waals surface area contributed by atoms with Gasteiger partial charge in [0.25, 0.3) is 0 Å². The SMILES string of the molecule is CC(C)n1ccnc1CN1CCNC[C@H]1C.Cl.Cl. The predicted octanol–water partition coefficient (Wildman–Crippen LogP) is 2.10. The Morgan fingerprint density at radius 2 is 2.17 bits per heavy atom. The second kappa shape index (κ2) is 8.00. The number of hydrogen-bond donors (Lipinski definition) is 1. The van der Waals surface area contributed by atoms with Gasteiger partial charge in [-0.1, -0.05) is 0 Å². The number of nitrogens with one attached hydrogen (secondary N) is 1. The van der Waals surface area contributed by atoms with Crippen molar-refractivity contribution in [2.45, 2.75) is 39.4 Å². The largest absolute Gasteiger partial charge is 0.331 e. The van der Waals surface area contributed by atoms with Gasteiger partial charge in [-0.3, -0.25) is 4.90 Å². The van der Waals surface area contributed by atoms with Crippen LogP contribution < -0.4 is 5.32 Å². The lowest BCUT2D eigenvalue weighted by molar-refractivity contribution is 0.159. The minimum atomic E-state index is 0. The zero-order valence-electron chi connectivity index (χ0n) is 11.3. The Bertz CT molecular complexity index is 341. The first-order valence-corrected chi connectivity index (χ1v) is 6.15. The Morgan fingerprint density at radius 3 is 2.78 bits per heavy atom. The number of aromatic nitrogens is 2. The summed E-state index contributed by atoms with van der Waals surface area (Å²) in [5.41, 5.74) is 0. The normalized spacial score (nSPS) is 20.3. The Morgan fingerprint density at radius 1 is 1.44 bits per heavy atom. The van der Waals surface area contributed by atoms with Gasteiger partial charge in [0.05, 0.1) is 6.54 Å². The Hall–Kier alpha value is -0.290. The van der Waals surface area contributed by atoms with E-state index in [0.717, 1.165) is 26.2 Å².